The number of carbonyl (C=O) groups excluding carboxylic acids is 1. The highest BCUT2D eigenvalue weighted by Gasteiger charge is 2.23. The van der Waals surface area contributed by atoms with E-state index in [9.17, 15) is 9.59 Å². The van der Waals surface area contributed by atoms with Crippen LogP contribution < -0.4 is 10.9 Å². The highest BCUT2D eigenvalue weighted by Crippen LogP contribution is 2.28. The van der Waals surface area contributed by atoms with Crippen molar-refractivity contribution in [2.24, 2.45) is 13.0 Å². The fourth-order valence-corrected chi connectivity index (χ4v) is 3.72. The van der Waals surface area contributed by atoms with Gasteiger partial charge in [-0.05, 0) is 61.8 Å². The van der Waals surface area contributed by atoms with E-state index in [0.29, 0.717) is 11.5 Å². The van der Waals surface area contributed by atoms with Gasteiger partial charge in [-0.15, -0.1) is 0 Å². The third kappa shape index (κ3) is 4.73. The minimum Gasteiger partial charge on any atom is -0.349 e. The quantitative estimate of drug-likeness (QED) is 0.908. The van der Waals surface area contributed by atoms with Gasteiger partial charge in [0, 0.05) is 30.4 Å². The summed E-state index contributed by atoms with van der Waals surface area (Å²) in [5.41, 5.74) is 1.70. The average Bonchev–Trinajstić information content (AvgIpc) is 2.59. The molecule has 4 nitrogen and oxygen atoms in total. The molecule has 1 amide bonds. The van der Waals surface area contributed by atoms with Crippen LogP contribution in [0.5, 0.6) is 0 Å². The minimum absolute atomic E-state index is 0.103. The zero-order chi connectivity index (χ0) is 17.8. The second-order valence-corrected chi connectivity index (χ2v) is 7.33. The molecular weight excluding hydrogens is 336 g/mol. The predicted molar refractivity (Wildman–Crippen MR) is 100 cm³/mol. The summed E-state index contributed by atoms with van der Waals surface area (Å²) in [5, 5.41) is 3.89. The van der Waals surface area contributed by atoms with Crippen molar-refractivity contribution >= 4 is 17.5 Å². The summed E-state index contributed by atoms with van der Waals surface area (Å²) in [5.74, 6) is 0.540. The third-order valence-corrected chi connectivity index (χ3v) is 5.18. The lowest BCUT2D eigenvalue weighted by Crippen LogP contribution is -2.38. The van der Waals surface area contributed by atoms with E-state index in [-0.39, 0.29) is 17.5 Å². The number of halogens is 1. The van der Waals surface area contributed by atoms with Crippen LogP contribution in [0.4, 0.5) is 0 Å². The van der Waals surface area contributed by atoms with E-state index < -0.39 is 0 Å². The Morgan fingerprint density at radius 2 is 1.96 bits per heavy atom. The molecule has 1 aliphatic carbocycles. The van der Waals surface area contributed by atoms with Crippen molar-refractivity contribution in [2.75, 3.05) is 0 Å². The number of hydrogen-bond donors (Lipinski definition) is 1. The van der Waals surface area contributed by atoms with Crippen LogP contribution in [0.1, 0.15) is 41.6 Å². The van der Waals surface area contributed by atoms with E-state index >= 15 is 0 Å². The van der Waals surface area contributed by atoms with E-state index in [1.165, 1.54) is 16.2 Å². The van der Waals surface area contributed by atoms with Crippen molar-refractivity contribution in [3.63, 3.8) is 0 Å². The summed E-state index contributed by atoms with van der Waals surface area (Å²) >= 11 is 6.05. The van der Waals surface area contributed by atoms with Gasteiger partial charge in [0.05, 0.1) is 5.56 Å². The monoisotopic (exact) mass is 358 g/mol. The van der Waals surface area contributed by atoms with E-state index in [1.54, 1.807) is 19.3 Å². The zero-order valence-electron chi connectivity index (χ0n) is 14.4. The van der Waals surface area contributed by atoms with Gasteiger partial charge in [-0.25, -0.2) is 0 Å². The Hall–Kier alpha value is -2.07. The lowest BCUT2D eigenvalue weighted by molar-refractivity contribution is 0.0921. The van der Waals surface area contributed by atoms with Gasteiger partial charge in [-0.2, -0.15) is 0 Å². The third-order valence-electron chi connectivity index (χ3n) is 4.94. The Labute approximate surface area is 152 Å². The number of nitrogens with zero attached hydrogens (tertiary/aromatic N) is 1. The van der Waals surface area contributed by atoms with Crippen LogP contribution in [-0.2, 0) is 13.5 Å². The van der Waals surface area contributed by atoms with E-state index in [1.807, 2.05) is 18.2 Å². The molecule has 1 saturated carbocycles. The molecule has 132 valence electrons. The zero-order valence-corrected chi connectivity index (χ0v) is 15.1. The first-order valence-corrected chi connectivity index (χ1v) is 9.11. The molecule has 1 heterocycles. The number of hydrogen-bond acceptors (Lipinski definition) is 2. The standard InChI is InChI=1S/C20H23ClN2O2/c1-23-13-16(7-10-19(23)24)20(25)22-18-8-5-14(6-9-18)11-15-3-2-4-17(21)12-15/h2-4,7,10,12-14,18H,5-6,8-9,11H2,1H3,(H,22,25). The summed E-state index contributed by atoms with van der Waals surface area (Å²) in [6, 6.07) is 11.3. The number of benzene rings is 1. The molecule has 0 aliphatic heterocycles. The Morgan fingerprint density at radius 3 is 2.64 bits per heavy atom. The highest BCUT2D eigenvalue weighted by molar-refractivity contribution is 6.30. The van der Waals surface area contributed by atoms with Gasteiger partial charge in [-0.1, -0.05) is 23.7 Å². The van der Waals surface area contributed by atoms with Crippen molar-refractivity contribution in [1.29, 1.82) is 0 Å². The van der Waals surface area contributed by atoms with Crippen LogP contribution in [0.3, 0.4) is 0 Å². The maximum absolute atomic E-state index is 12.3. The second kappa shape index (κ2) is 7.87. The maximum Gasteiger partial charge on any atom is 0.252 e. The molecule has 0 spiro atoms. The first-order valence-electron chi connectivity index (χ1n) is 8.73. The van der Waals surface area contributed by atoms with Crippen molar-refractivity contribution in [1.82, 2.24) is 9.88 Å². The lowest BCUT2D eigenvalue weighted by atomic mass is 9.82. The minimum atomic E-state index is -0.113. The van der Waals surface area contributed by atoms with Gasteiger partial charge in [0.2, 0.25) is 5.56 Å². The molecule has 1 aromatic heterocycles. The molecule has 3 rings (SSSR count). The molecule has 0 saturated heterocycles. The van der Waals surface area contributed by atoms with Crippen molar-refractivity contribution in [3.05, 3.63) is 69.1 Å². The molecule has 0 atom stereocenters. The molecule has 1 aromatic carbocycles. The second-order valence-electron chi connectivity index (χ2n) is 6.89. The fraction of sp³-hybridized carbons (Fsp3) is 0.400. The fourth-order valence-electron chi connectivity index (χ4n) is 3.51. The normalized spacial score (nSPS) is 20.2. The van der Waals surface area contributed by atoms with Gasteiger partial charge in [-0.3, -0.25) is 9.59 Å². The summed E-state index contributed by atoms with van der Waals surface area (Å²) in [6.07, 6.45) is 6.81. The van der Waals surface area contributed by atoms with Crippen LogP contribution in [0.25, 0.3) is 0 Å². The van der Waals surface area contributed by atoms with E-state index in [2.05, 4.69) is 11.4 Å². The Kier molecular flexibility index (Phi) is 5.59. The molecular formula is C20H23ClN2O2. The van der Waals surface area contributed by atoms with Crippen LogP contribution in [0.2, 0.25) is 5.02 Å². The first kappa shape index (κ1) is 17.7. The maximum atomic E-state index is 12.3. The van der Waals surface area contributed by atoms with Crippen LogP contribution >= 0.6 is 11.6 Å². The number of aromatic nitrogens is 1. The van der Waals surface area contributed by atoms with Gasteiger partial charge in [0.15, 0.2) is 0 Å². The topological polar surface area (TPSA) is 51.1 Å². The molecule has 0 radical (unpaired) electrons. The first-order chi connectivity index (χ1) is 12.0. The number of aryl methyl sites for hydroxylation is 1. The molecule has 0 bridgehead atoms. The molecule has 5 heteroatoms. The van der Waals surface area contributed by atoms with E-state index in [0.717, 1.165) is 37.1 Å². The Balaban J connectivity index is 1.51. The lowest BCUT2D eigenvalue weighted by Gasteiger charge is -2.29. The van der Waals surface area contributed by atoms with Crippen LogP contribution in [0, 0.1) is 5.92 Å². The van der Waals surface area contributed by atoms with Gasteiger partial charge in [0.1, 0.15) is 0 Å². The summed E-state index contributed by atoms with van der Waals surface area (Å²) in [6.45, 7) is 0. The predicted octanol–water partition coefficient (Wildman–Crippen LogP) is 3.57. The molecule has 1 N–H and O–H groups in total. The van der Waals surface area contributed by atoms with Crippen LogP contribution in [-0.4, -0.2) is 16.5 Å². The highest BCUT2D eigenvalue weighted by atomic mass is 35.5. The number of nitrogens with one attached hydrogen (secondary N) is 1. The van der Waals surface area contributed by atoms with Gasteiger partial charge < -0.3 is 9.88 Å². The van der Waals surface area contributed by atoms with Crippen molar-refractivity contribution < 1.29 is 4.79 Å². The molecule has 0 unspecified atom stereocenters. The molecule has 1 fully saturated rings. The van der Waals surface area contributed by atoms with Gasteiger partial charge in [0.25, 0.3) is 5.91 Å². The van der Waals surface area contributed by atoms with Gasteiger partial charge >= 0.3 is 0 Å². The SMILES string of the molecule is Cn1cc(C(=O)NC2CCC(Cc3cccc(Cl)c3)CC2)ccc1=O. The average molecular weight is 359 g/mol. The molecule has 1 aliphatic rings. The number of amides is 1. The Morgan fingerprint density at radius 1 is 1.20 bits per heavy atom. The number of carbonyl (C=O) groups is 1. The van der Waals surface area contributed by atoms with Crippen LogP contribution in [0.15, 0.2) is 47.4 Å². The molecule has 2 aromatic rings. The van der Waals surface area contributed by atoms with E-state index in [4.69, 9.17) is 11.6 Å². The molecule has 25 heavy (non-hydrogen) atoms. The smallest absolute Gasteiger partial charge is 0.252 e. The summed E-state index contributed by atoms with van der Waals surface area (Å²) in [7, 11) is 1.65. The summed E-state index contributed by atoms with van der Waals surface area (Å²) in [4.78, 5) is 23.8. The van der Waals surface area contributed by atoms with Crippen molar-refractivity contribution in [2.45, 2.75) is 38.1 Å². The summed E-state index contributed by atoms with van der Waals surface area (Å²) < 4.78 is 1.43. The number of rotatable bonds is 4. The van der Waals surface area contributed by atoms with Crippen molar-refractivity contribution in [3.8, 4) is 0 Å². The largest absolute Gasteiger partial charge is 0.349 e. The Bertz CT molecular complexity index is 807. The number of pyridine rings is 1.